The second kappa shape index (κ2) is 14.1. The van der Waals surface area contributed by atoms with Crippen LogP contribution < -0.4 is 5.73 Å². The van der Waals surface area contributed by atoms with E-state index in [0.29, 0.717) is 6.54 Å². The van der Waals surface area contributed by atoms with Gasteiger partial charge in [0.25, 0.3) is 0 Å². The Kier molecular flexibility index (Phi) is 13.5. The number of nitrogens with zero attached hydrogens (tertiary/aromatic N) is 1. The summed E-state index contributed by atoms with van der Waals surface area (Å²) in [5, 5.41) is 1.12. The molecule has 0 aliphatic carbocycles. The second-order valence-corrected chi connectivity index (χ2v) is 6.10. The Hall–Kier alpha value is -0.840. The first-order chi connectivity index (χ1) is 10.1. The van der Waals surface area contributed by atoms with Crippen LogP contribution in [0.5, 0.6) is 0 Å². The average Bonchev–Trinajstić information content (AvgIpc) is 2.47. The van der Waals surface area contributed by atoms with Crippen molar-refractivity contribution in [1.82, 2.24) is 4.90 Å². The predicted octanol–water partition coefficient (Wildman–Crippen LogP) is 3.39. The van der Waals surface area contributed by atoms with Crippen molar-refractivity contribution in [3.8, 4) is 0 Å². The van der Waals surface area contributed by atoms with Crippen LogP contribution in [-0.4, -0.2) is 35.6 Å². The Morgan fingerprint density at radius 3 is 2.05 bits per heavy atom. The zero-order valence-electron chi connectivity index (χ0n) is 13.2. The lowest BCUT2D eigenvalue weighted by Gasteiger charge is -2.14. The molecule has 2 N–H and O–H groups in total. The van der Waals surface area contributed by atoms with Crippen molar-refractivity contribution in [2.24, 2.45) is 5.73 Å². The first kappa shape index (κ1) is 20.2. The van der Waals surface area contributed by atoms with E-state index in [4.69, 9.17) is 5.73 Å². The number of halogens is 1. The summed E-state index contributed by atoms with van der Waals surface area (Å²) in [6.07, 6.45) is 15.1. The number of nitrogens with two attached hydrogens (primary N) is 1. The molecule has 122 valence electrons. The molecule has 0 aromatic heterocycles. The standard InChI is InChI=1S/C16H29BrN2O2/c1-19(16(21)15(18)20)14-12-10-8-6-4-2-3-5-7-9-11-13-17/h4,6H,2-3,5,7-14H2,1H3,(H2,18,20)/b6-4-. The zero-order valence-corrected chi connectivity index (χ0v) is 14.7. The Bertz CT molecular complexity index is 319. The second-order valence-electron chi connectivity index (χ2n) is 5.30. The van der Waals surface area contributed by atoms with Gasteiger partial charge in [-0.1, -0.05) is 47.3 Å². The number of amides is 2. The van der Waals surface area contributed by atoms with Crippen molar-refractivity contribution in [2.75, 3.05) is 18.9 Å². The Morgan fingerprint density at radius 1 is 0.952 bits per heavy atom. The van der Waals surface area contributed by atoms with Crippen molar-refractivity contribution in [3.05, 3.63) is 12.2 Å². The SMILES string of the molecule is CN(CCCC/C=C\CCCCCCCBr)C(=O)C(N)=O. The molecule has 0 fully saturated rings. The zero-order chi connectivity index (χ0) is 15.9. The smallest absolute Gasteiger partial charge is 0.311 e. The number of primary amides is 1. The number of rotatable bonds is 12. The van der Waals surface area contributed by atoms with Gasteiger partial charge in [0.15, 0.2) is 0 Å². The summed E-state index contributed by atoms with van der Waals surface area (Å²) >= 11 is 3.44. The highest BCUT2D eigenvalue weighted by atomic mass is 79.9. The molecular formula is C16H29BrN2O2. The first-order valence-corrected chi connectivity index (χ1v) is 8.97. The Morgan fingerprint density at radius 2 is 1.48 bits per heavy atom. The maximum Gasteiger partial charge on any atom is 0.311 e. The third-order valence-corrected chi connectivity index (χ3v) is 3.90. The van der Waals surface area contributed by atoms with Gasteiger partial charge in [-0.15, -0.1) is 0 Å². The van der Waals surface area contributed by atoms with E-state index in [9.17, 15) is 9.59 Å². The lowest BCUT2D eigenvalue weighted by atomic mass is 10.1. The molecule has 4 nitrogen and oxygen atoms in total. The van der Waals surface area contributed by atoms with Crippen LogP contribution >= 0.6 is 15.9 Å². The highest BCUT2D eigenvalue weighted by Crippen LogP contribution is 2.07. The third kappa shape index (κ3) is 12.6. The van der Waals surface area contributed by atoms with Crippen LogP contribution in [-0.2, 0) is 9.59 Å². The summed E-state index contributed by atoms with van der Waals surface area (Å²) in [6, 6.07) is 0. The largest absolute Gasteiger partial charge is 0.361 e. The van der Waals surface area contributed by atoms with Crippen LogP contribution in [0.25, 0.3) is 0 Å². The maximum atomic E-state index is 11.2. The molecule has 0 saturated heterocycles. The van der Waals surface area contributed by atoms with Gasteiger partial charge in [-0.25, -0.2) is 0 Å². The van der Waals surface area contributed by atoms with Gasteiger partial charge in [-0.3, -0.25) is 9.59 Å². The van der Waals surface area contributed by atoms with Gasteiger partial charge in [0.2, 0.25) is 0 Å². The van der Waals surface area contributed by atoms with Gasteiger partial charge in [-0.2, -0.15) is 0 Å². The molecule has 2 amide bonds. The lowest BCUT2D eigenvalue weighted by Crippen LogP contribution is -2.38. The molecule has 21 heavy (non-hydrogen) atoms. The molecule has 5 heteroatoms. The van der Waals surface area contributed by atoms with Gasteiger partial charge in [0.05, 0.1) is 0 Å². The van der Waals surface area contributed by atoms with E-state index in [1.54, 1.807) is 7.05 Å². The summed E-state index contributed by atoms with van der Waals surface area (Å²) in [7, 11) is 1.61. The summed E-state index contributed by atoms with van der Waals surface area (Å²) in [5.74, 6) is -1.49. The molecule has 0 bridgehead atoms. The molecule has 0 rings (SSSR count). The number of hydrogen-bond acceptors (Lipinski definition) is 2. The number of likely N-dealkylation sites (N-methyl/N-ethyl adjacent to an activating group) is 1. The number of alkyl halides is 1. The average molecular weight is 361 g/mol. The van der Waals surface area contributed by atoms with Crippen LogP contribution in [0.3, 0.4) is 0 Å². The van der Waals surface area contributed by atoms with Crippen LogP contribution in [0.2, 0.25) is 0 Å². The fourth-order valence-electron chi connectivity index (χ4n) is 2.02. The Labute approximate surface area is 137 Å². The van der Waals surface area contributed by atoms with E-state index in [2.05, 4.69) is 28.1 Å². The van der Waals surface area contributed by atoms with Crippen LogP contribution in [0.1, 0.15) is 57.8 Å². The number of hydrogen-bond donors (Lipinski definition) is 1. The number of unbranched alkanes of at least 4 members (excludes halogenated alkanes) is 7. The maximum absolute atomic E-state index is 11.2. The monoisotopic (exact) mass is 360 g/mol. The summed E-state index contributed by atoms with van der Waals surface area (Å²) in [5.41, 5.74) is 4.93. The van der Waals surface area contributed by atoms with Crippen LogP contribution in [0.15, 0.2) is 12.2 Å². The van der Waals surface area contributed by atoms with E-state index in [0.717, 1.165) is 31.0 Å². The molecule has 0 aliphatic rings. The van der Waals surface area contributed by atoms with Crippen LogP contribution in [0, 0.1) is 0 Å². The van der Waals surface area contributed by atoms with Gasteiger partial charge < -0.3 is 10.6 Å². The first-order valence-electron chi connectivity index (χ1n) is 7.85. The summed E-state index contributed by atoms with van der Waals surface area (Å²) in [6.45, 7) is 0.586. The number of carbonyl (C=O) groups is 2. The van der Waals surface area contributed by atoms with E-state index in [1.807, 2.05) is 0 Å². The normalized spacial score (nSPS) is 11.0. The molecule has 0 radical (unpaired) electrons. The van der Waals surface area contributed by atoms with Gasteiger partial charge in [0, 0.05) is 18.9 Å². The minimum atomic E-state index is -0.881. The van der Waals surface area contributed by atoms with Crippen LogP contribution in [0.4, 0.5) is 0 Å². The van der Waals surface area contributed by atoms with E-state index < -0.39 is 11.8 Å². The molecule has 0 heterocycles. The van der Waals surface area contributed by atoms with Crippen molar-refractivity contribution in [1.29, 1.82) is 0 Å². The minimum absolute atomic E-state index is 0.586. The molecule has 0 saturated carbocycles. The van der Waals surface area contributed by atoms with Gasteiger partial charge in [0.1, 0.15) is 0 Å². The molecular weight excluding hydrogens is 332 g/mol. The molecule has 0 aromatic rings. The van der Waals surface area contributed by atoms with E-state index >= 15 is 0 Å². The number of allylic oxidation sites excluding steroid dienone is 2. The van der Waals surface area contributed by atoms with E-state index in [1.165, 1.54) is 37.0 Å². The van der Waals surface area contributed by atoms with Crippen molar-refractivity contribution >= 4 is 27.7 Å². The Balaban J connectivity index is 3.36. The third-order valence-electron chi connectivity index (χ3n) is 3.34. The molecule has 0 aliphatic heterocycles. The van der Waals surface area contributed by atoms with Gasteiger partial charge in [-0.05, 0) is 38.5 Å². The molecule has 0 unspecified atom stereocenters. The fourth-order valence-corrected chi connectivity index (χ4v) is 2.42. The molecule has 0 atom stereocenters. The topological polar surface area (TPSA) is 63.4 Å². The quantitative estimate of drug-likeness (QED) is 0.251. The number of carbonyl (C=O) groups excluding carboxylic acids is 2. The molecule has 0 aromatic carbocycles. The van der Waals surface area contributed by atoms with Crippen molar-refractivity contribution < 1.29 is 9.59 Å². The highest BCUT2D eigenvalue weighted by molar-refractivity contribution is 9.09. The fraction of sp³-hybridized carbons (Fsp3) is 0.750. The van der Waals surface area contributed by atoms with Crippen molar-refractivity contribution in [3.63, 3.8) is 0 Å². The highest BCUT2D eigenvalue weighted by Gasteiger charge is 2.13. The minimum Gasteiger partial charge on any atom is -0.361 e. The predicted molar refractivity (Wildman–Crippen MR) is 91.3 cm³/mol. The van der Waals surface area contributed by atoms with Gasteiger partial charge >= 0.3 is 11.8 Å². The lowest BCUT2D eigenvalue weighted by molar-refractivity contribution is -0.143. The van der Waals surface area contributed by atoms with Crippen molar-refractivity contribution in [2.45, 2.75) is 57.8 Å². The summed E-state index contributed by atoms with van der Waals surface area (Å²) in [4.78, 5) is 23.3. The van der Waals surface area contributed by atoms with E-state index in [-0.39, 0.29) is 0 Å². The summed E-state index contributed by atoms with van der Waals surface area (Å²) < 4.78 is 0. The molecule has 0 spiro atoms.